The van der Waals surface area contributed by atoms with Crippen LogP contribution in [0.3, 0.4) is 0 Å². The van der Waals surface area contributed by atoms with Crippen molar-refractivity contribution >= 4 is 16.0 Å². The van der Waals surface area contributed by atoms with Crippen LogP contribution in [0.15, 0.2) is 108 Å². The fraction of sp³-hybridized carbons (Fsp3) is 0.194. The molecule has 0 aliphatic carbocycles. The van der Waals surface area contributed by atoms with Gasteiger partial charge in [-0.1, -0.05) is 74.5 Å². The zero-order valence-corrected chi connectivity index (χ0v) is 22.7. The lowest BCUT2D eigenvalue weighted by Gasteiger charge is -2.25. The second kappa shape index (κ2) is 12.0. The molecule has 4 aromatic rings. The Labute approximate surface area is 232 Å². The maximum absolute atomic E-state index is 13.4. The molecule has 0 aromatic heterocycles. The summed E-state index contributed by atoms with van der Waals surface area (Å²) < 4.78 is 69.2. The van der Waals surface area contributed by atoms with Gasteiger partial charge in [-0.2, -0.15) is 21.6 Å². The van der Waals surface area contributed by atoms with E-state index < -0.39 is 26.8 Å². The lowest BCUT2D eigenvalue weighted by Crippen LogP contribution is -2.33. The van der Waals surface area contributed by atoms with Crippen LogP contribution in [0, 0.1) is 5.92 Å². The molecule has 0 unspecified atom stereocenters. The van der Waals surface area contributed by atoms with Gasteiger partial charge in [0, 0.05) is 18.7 Å². The van der Waals surface area contributed by atoms with Crippen molar-refractivity contribution in [1.29, 1.82) is 0 Å². The van der Waals surface area contributed by atoms with Crippen molar-refractivity contribution < 1.29 is 30.6 Å². The van der Waals surface area contributed by atoms with Crippen molar-refractivity contribution in [2.75, 3.05) is 6.54 Å². The molecule has 0 radical (unpaired) electrons. The average molecular weight is 568 g/mol. The summed E-state index contributed by atoms with van der Waals surface area (Å²) in [6.45, 7) is 4.79. The van der Waals surface area contributed by atoms with Gasteiger partial charge in [-0.3, -0.25) is 4.79 Å². The summed E-state index contributed by atoms with van der Waals surface area (Å²) in [4.78, 5) is 14.5. The number of amides is 1. The number of halogens is 3. The number of nitrogens with zero attached hydrogens (tertiary/aromatic N) is 1. The van der Waals surface area contributed by atoms with Crippen LogP contribution in [0.4, 0.5) is 13.2 Å². The van der Waals surface area contributed by atoms with Crippen LogP contribution in [0.1, 0.15) is 35.3 Å². The summed E-state index contributed by atoms with van der Waals surface area (Å²) in [5.74, 6) is 0.00733. The molecule has 0 N–H and O–H groups in total. The van der Waals surface area contributed by atoms with Gasteiger partial charge in [-0.25, -0.2) is 0 Å². The first kappa shape index (κ1) is 28.9. The summed E-state index contributed by atoms with van der Waals surface area (Å²) in [5.41, 5.74) is 2.25. The Bertz CT molecular complexity index is 1550. The van der Waals surface area contributed by atoms with E-state index in [2.05, 4.69) is 0 Å². The molecule has 0 fully saturated rings. The van der Waals surface area contributed by atoms with Crippen LogP contribution < -0.4 is 4.18 Å². The van der Waals surface area contributed by atoms with E-state index in [9.17, 15) is 26.4 Å². The van der Waals surface area contributed by atoms with Crippen molar-refractivity contribution in [1.82, 2.24) is 4.90 Å². The van der Waals surface area contributed by atoms with Gasteiger partial charge in [0.1, 0.15) is 10.6 Å². The number of rotatable bonds is 9. The second-order valence-corrected chi connectivity index (χ2v) is 11.3. The minimum absolute atomic E-state index is 0.0561. The van der Waals surface area contributed by atoms with Gasteiger partial charge >= 0.3 is 16.3 Å². The lowest BCUT2D eigenvalue weighted by atomic mass is 10.0. The lowest BCUT2D eigenvalue weighted by molar-refractivity contribution is -0.137. The Morgan fingerprint density at radius 3 is 2.05 bits per heavy atom. The van der Waals surface area contributed by atoms with Crippen molar-refractivity contribution in [3.63, 3.8) is 0 Å². The molecule has 0 heterocycles. The van der Waals surface area contributed by atoms with E-state index in [0.717, 1.165) is 34.9 Å². The Kier molecular flexibility index (Phi) is 8.64. The zero-order chi connectivity index (χ0) is 28.9. The quantitative estimate of drug-likeness (QED) is 0.197. The van der Waals surface area contributed by atoms with Crippen LogP contribution in [0.25, 0.3) is 11.1 Å². The van der Waals surface area contributed by atoms with Gasteiger partial charge in [0.2, 0.25) is 0 Å². The van der Waals surface area contributed by atoms with E-state index in [0.29, 0.717) is 18.2 Å². The Balaban J connectivity index is 1.47. The Hall–Kier alpha value is -4.11. The maximum atomic E-state index is 13.4. The summed E-state index contributed by atoms with van der Waals surface area (Å²) in [6, 6.07) is 26.7. The van der Waals surface area contributed by atoms with Crippen LogP contribution in [0.2, 0.25) is 0 Å². The van der Waals surface area contributed by atoms with Crippen LogP contribution >= 0.6 is 0 Å². The highest BCUT2D eigenvalue weighted by atomic mass is 32.2. The molecule has 9 heteroatoms. The molecule has 4 aromatic carbocycles. The summed E-state index contributed by atoms with van der Waals surface area (Å²) >= 11 is 0. The van der Waals surface area contributed by atoms with Crippen molar-refractivity contribution in [2.45, 2.75) is 31.5 Å². The predicted molar refractivity (Wildman–Crippen MR) is 147 cm³/mol. The highest BCUT2D eigenvalue weighted by Gasteiger charge is 2.32. The summed E-state index contributed by atoms with van der Waals surface area (Å²) in [5, 5.41) is 0. The number of benzene rings is 4. The van der Waals surface area contributed by atoms with Crippen LogP contribution in [0.5, 0.6) is 5.75 Å². The topological polar surface area (TPSA) is 63.7 Å². The highest BCUT2D eigenvalue weighted by Crippen LogP contribution is 2.31. The molecule has 0 bridgehead atoms. The molecule has 0 aliphatic heterocycles. The Morgan fingerprint density at radius 2 is 1.45 bits per heavy atom. The summed E-state index contributed by atoms with van der Waals surface area (Å²) in [6.07, 6.45) is -4.68. The fourth-order valence-corrected chi connectivity index (χ4v) is 5.13. The van der Waals surface area contributed by atoms with Gasteiger partial charge in [0.25, 0.3) is 5.91 Å². The molecule has 0 saturated heterocycles. The van der Waals surface area contributed by atoms with Crippen LogP contribution in [-0.4, -0.2) is 25.8 Å². The molecule has 5 nitrogen and oxygen atoms in total. The number of carbonyl (C=O) groups excluding carboxylic acids is 1. The van der Waals surface area contributed by atoms with Crippen molar-refractivity contribution in [3.05, 3.63) is 120 Å². The van der Waals surface area contributed by atoms with Gasteiger partial charge in [0.05, 0.1) is 5.56 Å². The third kappa shape index (κ3) is 7.30. The van der Waals surface area contributed by atoms with Crippen molar-refractivity contribution in [3.8, 4) is 16.9 Å². The van der Waals surface area contributed by atoms with Gasteiger partial charge in [-0.15, -0.1) is 0 Å². The molecule has 40 heavy (non-hydrogen) atoms. The van der Waals surface area contributed by atoms with Gasteiger partial charge < -0.3 is 9.08 Å². The van der Waals surface area contributed by atoms with Crippen molar-refractivity contribution in [2.24, 2.45) is 5.92 Å². The Morgan fingerprint density at radius 1 is 0.825 bits per heavy atom. The monoisotopic (exact) mass is 567 g/mol. The zero-order valence-electron chi connectivity index (χ0n) is 21.9. The molecular formula is C31H28F3NO4S. The molecule has 208 valence electrons. The first-order valence-electron chi connectivity index (χ1n) is 12.6. The minimum Gasteiger partial charge on any atom is -0.379 e. The molecular weight excluding hydrogens is 539 g/mol. The van der Waals surface area contributed by atoms with E-state index in [-0.39, 0.29) is 24.1 Å². The van der Waals surface area contributed by atoms with E-state index >= 15 is 0 Å². The third-order valence-corrected chi connectivity index (χ3v) is 7.31. The molecule has 0 spiro atoms. The van der Waals surface area contributed by atoms with Gasteiger partial charge in [-0.05, 0) is 65.1 Å². The maximum Gasteiger partial charge on any atom is 0.416 e. The fourth-order valence-electron chi connectivity index (χ4n) is 4.15. The third-order valence-electron chi connectivity index (χ3n) is 6.06. The first-order chi connectivity index (χ1) is 18.9. The predicted octanol–water partition coefficient (Wildman–Crippen LogP) is 7.44. The molecule has 4 rings (SSSR count). The molecule has 0 atom stereocenters. The standard InChI is InChI=1S/C31H28F3NO4S/c1-22(2)20-35(30(36)26-15-13-25(14-16-26)24-7-4-3-5-8-24)21-23-11-17-28(18-12-23)39-40(37,38)29-10-6-9-27(19-29)31(32,33)34/h3-19,22H,20-21H2,1-2H3. The van der Waals surface area contributed by atoms with E-state index in [1.165, 1.54) is 12.1 Å². The smallest absolute Gasteiger partial charge is 0.379 e. The number of hydrogen-bond acceptors (Lipinski definition) is 4. The van der Waals surface area contributed by atoms with E-state index in [4.69, 9.17) is 4.18 Å². The summed E-state index contributed by atoms with van der Waals surface area (Å²) in [7, 11) is -4.49. The molecule has 0 aliphatic rings. The molecule has 0 saturated carbocycles. The average Bonchev–Trinajstić information content (AvgIpc) is 2.93. The largest absolute Gasteiger partial charge is 0.416 e. The first-order valence-corrected chi connectivity index (χ1v) is 14.0. The van der Waals surface area contributed by atoms with E-state index in [1.54, 1.807) is 29.2 Å². The normalized spacial score (nSPS) is 11.8. The second-order valence-electron chi connectivity index (χ2n) is 9.73. The SMILES string of the molecule is CC(C)CN(Cc1ccc(OS(=O)(=O)c2cccc(C(F)(F)F)c2)cc1)C(=O)c1ccc(-c2ccccc2)cc1. The van der Waals surface area contributed by atoms with Crippen LogP contribution in [-0.2, 0) is 22.8 Å². The van der Waals surface area contributed by atoms with E-state index in [1.807, 2.05) is 56.3 Å². The number of carbonyl (C=O) groups is 1. The highest BCUT2D eigenvalue weighted by molar-refractivity contribution is 7.87. The number of hydrogen-bond donors (Lipinski definition) is 0. The minimum atomic E-state index is -4.68. The van der Waals surface area contributed by atoms with Gasteiger partial charge in [0.15, 0.2) is 0 Å². The number of alkyl halides is 3. The molecule has 1 amide bonds.